The van der Waals surface area contributed by atoms with E-state index >= 15 is 0 Å². The molecule has 0 radical (unpaired) electrons. The molecule has 2 aliphatic rings. The quantitative estimate of drug-likeness (QED) is 0.105. The third-order valence-corrected chi connectivity index (χ3v) is 32.8. The van der Waals surface area contributed by atoms with Crippen molar-refractivity contribution in [2.24, 2.45) is 0 Å². The van der Waals surface area contributed by atoms with Crippen LogP contribution in [0.2, 0.25) is 37.8 Å². The van der Waals surface area contributed by atoms with Gasteiger partial charge in [-0.1, -0.05) is 358 Å². The van der Waals surface area contributed by atoms with Crippen LogP contribution < -0.4 is 10.4 Å². The van der Waals surface area contributed by atoms with Crippen LogP contribution in [0.15, 0.2) is 303 Å². The molecule has 0 atom stereocenters. The minimum absolute atomic E-state index is 0.0569. The summed E-state index contributed by atoms with van der Waals surface area (Å²) in [5, 5.41) is 24.7. The van der Waals surface area contributed by atoms with E-state index in [9.17, 15) is 0 Å². The highest BCUT2D eigenvalue weighted by Gasteiger charge is 2.41. The zero-order valence-corrected chi connectivity index (χ0v) is 64.4. The number of fused-ring (bicyclic) bond motifs is 8. The Morgan fingerprint density at radius 1 is 0.219 bits per heavy atom. The standard InChI is InChI=1S/C55H46Si.C48H40Si/c1-54(2)47-19-13-11-17-36(47)38-23-21-34(29-49(38)54)45-31-44(33-15-9-8-10-16-33)40-25-26-42-46(32-51(56(5,6)7)43-28-27-41(45)52(40)53(42)43)35-22-24-39-37-18-12-14-20-48(37)55(3,4)50(39)30-35;1-48(2,3)49(4,5)45-30-44(37-22-20-32-14-10-12-18-35(32)28-37)40-24-23-38-42(33-15-7-6-8-16-33)29-43(39-25-26-41(45)47(40)46(38)39)36-21-19-31-13-9-11-17-34(31)27-36/h8-32H,1-7H3;6-30H,1-5H3. The zero-order chi connectivity index (χ0) is 71.8. The summed E-state index contributed by atoms with van der Waals surface area (Å²) in [4.78, 5) is 0. The van der Waals surface area contributed by atoms with Crippen LogP contribution >= 0.6 is 0 Å². The molecule has 2 aliphatic carbocycles. The molecule has 0 fully saturated rings. The van der Waals surface area contributed by atoms with Crippen molar-refractivity contribution in [3.8, 4) is 89.0 Å². The predicted molar refractivity (Wildman–Crippen MR) is 463 cm³/mol. The fourth-order valence-electron chi connectivity index (χ4n) is 18.7. The average Bonchev–Trinajstić information content (AvgIpc) is 1.67. The second-order valence-electron chi connectivity index (χ2n) is 33.9. The Balaban J connectivity index is 0.000000145. The maximum absolute atomic E-state index is 2.58. The molecule has 18 aromatic rings. The third kappa shape index (κ3) is 9.96. The maximum Gasteiger partial charge on any atom is 0.0867 e. The summed E-state index contributed by atoms with van der Waals surface area (Å²) in [6, 6.07) is 115. The molecule has 0 aromatic heterocycles. The number of rotatable bonds is 8. The highest BCUT2D eigenvalue weighted by atomic mass is 28.3. The summed E-state index contributed by atoms with van der Waals surface area (Å²) >= 11 is 0. The maximum atomic E-state index is 2.58. The summed E-state index contributed by atoms with van der Waals surface area (Å²) in [7, 11) is -3.78. The van der Waals surface area contributed by atoms with E-state index in [1.807, 2.05) is 0 Å². The van der Waals surface area contributed by atoms with E-state index in [0.29, 0.717) is 0 Å². The topological polar surface area (TPSA) is 0 Å². The summed E-state index contributed by atoms with van der Waals surface area (Å²) in [6.45, 7) is 29.6. The fourth-order valence-corrected chi connectivity index (χ4v) is 22.4. The lowest BCUT2D eigenvalue weighted by atomic mass is 9.80. The minimum atomic E-state index is -1.98. The largest absolute Gasteiger partial charge is 0.0867 e. The van der Waals surface area contributed by atoms with Crippen LogP contribution in [0.25, 0.3) is 175 Å². The van der Waals surface area contributed by atoms with Crippen molar-refractivity contribution in [3.05, 3.63) is 326 Å². The van der Waals surface area contributed by atoms with Gasteiger partial charge in [0.05, 0.1) is 16.1 Å². The normalized spacial score (nSPS) is 13.9. The molecule has 0 N–H and O–H groups in total. The third-order valence-electron chi connectivity index (χ3n) is 25.2. The first kappa shape index (κ1) is 64.8. The monoisotopic (exact) mass is 1380 g/mol. The van der Waals surface area contributed by atoms with Crippen molar-refractivity contribution in [2.45, 2.75) is 97.1 Å². The van der Waals surface area contributed by atoms with Crippen molar-refractivity contribution in [2.75, 3.05) is 0 Å². The van der Waals surface area contributed by atoms with Crippen LogP contribution in [0.4, 0.5) is 0 Å². The lowest BCUT2D eigenvalue weighted by Crippen LogP contribution is -2.49. The molecular weight excluding hydrogens is 1290 g/mol. The molecule has 0 amide bonds. The molecule has 0 heterocycles. The Morgan fingerprint density at radius 3 is 0.914 bits per heavy atom. The molecule has 506 valence electrons. The Kier molecular flexibility index (Phi) is 14.5. The second-order valence-corrected chi connectivity index (χ2v) is 44.2. The number of hydrogen-bond acceptors (Lipinski definition) is 0. The van der Waals surface area contributed by atoms with E-state index < -0.39 is 16.1 Å². The highest BCUT2D eigenvalue weighted by Crippen LogP contribution is 2.55. The first-order chi connectivity index (χ1) is 50.6. The van der Waals surface area contributed by atoms with Gasteiger partial charge < -0.3 is 0 Å². The van der Waals surface area contributed by atoms with E-state index in [1.165, 1.54) is 203 Å². The van der Waals surface area contributed by atoms with Crippen LogP contribution in [0, 0.1) is 0 Å². The van der Waals surface area contributed by atoms with Gasteiger partial charge in [0.2, 0.25) is 0 Å². The molecule has 0 spiro atoms. The van der Waals surface area contributed by atoms with Gasteiger partial charge in [-0.3, -0.25) is 0 Å². The molecule has 2 heteroatoms. The summed E-state index contributed by atoms with van der Waals surface area (Å²) in [6.07, 6.45) is 0. The summed E-state index contributed by atoms with van der Waals surface area (Å²) in [5.41, 5.74) is 26.5. The van der Waals surface area contributed by atoms with Crippen LogP contribution in [0.5, 0.6) is 0 Å². The number of benzene rings is 18. The zero-order valence-electron chi connectivity index (χ0n) is 62.4. The van der Waals surface area contributed by atoms with Gasteiger partial charge in [-0.05, 0) is 239 Å². The van der Waals surface area contributed by atoms with Crippen molar-refractivity contribution in [1.82, 2.24) is 0 Å². The fraction of sp³-hybridized carbons (Fsp3) is 0.146. The minimum Gasteiger partial charge on any atom is -0.0656 e. The molecule has 0 unspecified atom stereocenters. The van der Waals surface area contributed by atoms with Crippen LogP contribution in [-0.2, 0) is 10.8 Å². The van der Waals surface area contributed by atoms with Gasteiger partial charge in [0, 0.05) is 10.8 Å². The molecule has 0 aliphatic heterocycles. The average molecular weight is 1380 g/mol. The molecular formula is C103H86Si2. The molecule has 0 nitrogen and oxygen atoms in total. The molecule has 0 bridgehead atoms. The van der Waals surface area contributed by atoms with E-state index in [-0.39, 0.29) is 15.9 Å². The lowest BCUT2D eigenvalue weighted by Gasteiger charge is -2.39. The Bertz CT molecular complexity index is 6610. The van der Waals surface area contributed by atoms with Crippen LogP contribution in [0.3, 0.4) is 0 Å². The Morgan fingerprint density at radius 2 is 0.514 bits per heavy atom. The van der Waals surface area contributed by atoms with E-state index in [2.05, 4.69) is 385 Å². The Labute approximate surface area is 620 Å². The first-order valence-electron chi connectivity index (χ1n) is 37.8. The molecule has 0 saturated carbocycles. The molecule has 105 heavy (non-hydrogen) atoms. The lowest BCUT2D eigenvalue weighted by molar-refractivity contribution is 0.660. The van der Waals surface area contributed by atoms with E-state index in [1.54, 1.807) is 5.19 Å². The summed E-state index contributed by atoms with van der Waals surface area (Å²) in [5.74, 6) is 0. The van der Waals surface area contributed by atoms with Crippen molar-refractivity contribution in [3.63, 3.8) is 0 Å². The highest BCUT2D eigenvalue weighted by molar-refractivity contribution is 6.94. The van der Waals surface area contributed by atoms with Gasteiger partial charge in [-0.2, -0.15) is 0 Å². The van der Waals surface area contributed by atoms with Gasteiger partial charge in [0.1, 0.15) is 0 Å². The summed E-state index contributed by atoms with van der Waals surface area (Å²) < 4.78 is 0. The smallest absolute Gasteiger partial charge is 0.0656 e. The second kappa shape index (κ2) is 23.5. The SMILES string of the molecule is CC(C)(C)[Si](C)(C)c1cc(-c2ccc3ccccc3c2)c2ccc3c(-c4ccccc4)cc(-c4ccc5ccccc5c4)c4ccc1c2c34.CC1(C)c2ccccc2-c2ccc(-c3cc(-c4ccccc4)c4ccc5c(-c6ccc7c(c6)C(C)(C)c6ccccc6-7)cc([Si](C)(C)C)c6ccc3c4c56)cc21. The van der Waals surface area contributed by atoms with Crippen molar-refractivity contribution >= 4 is 113 Å². The number of hydrogen-bond donors (Lipinski definition) is 0. The first-order valence-corrected chi connectivity index (χ1v) is 44.3. The van der Waals surface area contributed by atoms with Crippen LogP contribution in [0.1, 0.15) is 70.7 Å². The molecule has 18 aromatic carbocycles. The van der Waals surface area contributed by atoms with Crippen molar-refractivity contribution < 1.29 is 0 Å². The van der Waals surface area contributed by atoms with E-state index in [0.717, 1.165) is 0 Å². The van der Waals surface area contributed by atoms with Crippen molar-refractivity contribution in [1.29, 1.82) is 0 Å². The van der Waals surface area contributed by atoms with Gasteiger partial charge in [0.25, 0.3) is 0 Å². The predicted octanol–water partition coefficient (Wildman–Crippen LogP) is 28.3. The van der Waals surface area contributed by atoms with Crippen LogP contribution in [-0.4, -0.2) is 16.1 Å². The van der Waals surface area contributed by atoms with Gasteiger partial charge in [-0.15, -0.1) is 0 Å². The van der Waals surface area contributed by atoms with Gasteiger partial charge in [-0.25, -0.2) is 0 Å². The molecule has 20 rings (SSSR count). The van der Waals surface area contributed by atoms with Gasteiger partial charge in [0.15, 0.2) is 0 Å². The van der Waals surface area contributed by atoms with E-state index in [4.69, 9.17) is 0 Å². The Hall–Kier alpha value is -11.0. The molecule has 0 saturated heterocycles. The van der Waals surface area contributed by atoms with Gasteiger partial charge >= 0.3 is 0 Å².